The Bertz CT molecular complexity index is 724. The molecule has 0 aliphatic carbocycles. The van der Waals surface area contributed by atoms with Crippen molar-refractivity contribution in [2.45, 2.75) is 64.4 Å². The molecule has 0 saturated heterocycles. The lowest BCUT2D eigenvalue weighted by Crippen LogP contribution is -2.39. The maximum atomic E-state index is 13.0. The van der Waals surface area contributed by atoms with Gasteiger partial charge in [0.1, 0.15) is 5.60 Å². The van der Waals surface area contributed by atoms with Crippen LogP contribution in [0.5, 0.6) is 0 Å². The largest absolute Gasteiger partial charge is 0.459 e. The average molecular weight is 510 g/mol. The number of unbranched alkanes of at least 4 members (excludes halogenated alkanes) is 2. The zero-order valence-corrected chi connectivity index (χ0v) is 19.6. The molecule has 0 fully saturated rings. The number of aliphatic hydroxyl groups is 1. The fraction of sp³-hybridized carbons (Fsp3) is 0.650. The Balaban J connectivity index is 2.83. The SMILES string of the molecule is CC(C)(C)OC(=O)C(C)(CCCCCS(=O)(=O)CCO)c1cccc(I)c1. The average Bonchev–Trinajstić information content (AvgIpc) is 2.52. The third-order valence-corrected chi connectivity index (χ3v) is 6.73. The molecule has 1 rings (SSSR count). The van der Waals surface area contributed by atoms with E-state index < -0.39 is 20.9 Å². The molecular formula is C20H31IO5S. The van der Waals surface area contributed by atoms with E-state index in [9.17, 15) is 13.2 Å². The van der Waals surface area contributed by atoms with Gasteiger partial charge in [0.15, 0.2) is 9.84 Å². The minimum Gasteiger partial charge on any atom is -0.459 e. The molecule has 0 amide bonds. The van der Waals surface area contributed by atoms with Crippen LogP contribution in [0.3, 0.4) is 0 Å². The molecule has 0 heterocycles. The lowest BCUT2D eigenvalue weighted by Gasteiger charge is -2.32. The number of ether oxygens (including phenoxy) is 1. The lowest BCUT2D eigenvalue weighted by molar-refractivity contribution is -0.162. The van der Waals surface area contributed by atoms with Gasteiger partial charge < -0.3 is 9.84 Å². The second kappa shape index (κ2) is 10.2. The van der Waals surface area contributed by atoms with Crippen LogP contribution in [-0.4, -0.2) is 43.2 Å². The van der Waals surface area contributed by atoms with E-state index in [1.54, 1.807) is 0 Å². The van der Waals surface area contributed by atoms with Crippen molar-refractivity contribution >= 4 is 38.4 Å². The first kappa shape index (κ1) is 24.4. The van der Waals surface area contributed by atoms with Crippen LogP contribution in [0.4, 0.5) is 0 Å². The second-order valence-electron chi connectivity index (χ2n) is 8.03. The van der Waals surface area contributed by atoms with Gasteiger partial charge in [-0.3, -0.25) is 4.79 Å². The van der Waals surface area contributed by atoms with Crippen LogP contribution in [-0.2, 0) is 24.8 Å². The number of carbonyl (C=O) groups is 1. The standard InChI is InChI=1S/C20H31IO5S/c1-19(2,3)26-18(23)20(4,16-9-8-10-17(21)15-16)11-6-5-7-13-27(24,25)14-12-22/h8-10,15,22H,5-7,11-14H2,1-4H3. The van der Waals surface area contributed by atoms with Gasteiger partial charge in [-0.05, 0) is 80.8 Å². The summed E-state index contributed by atoms with van der Waals surface area (Å²) in [6.07, 6.45) is 2.53. The van der Waals surface area contributed by atoms with Gasteiger partial charge in [0.25, 0.3) is 0 Å². The van der Waals surface area contributed by atoms with Crippen molar-refractivity contribution in [2.75, 3.05) is 18.1 Å². The second-order valence-corrected chi connectivity index (χ2v) is 11.6. The summed E-state index contributed by atoms with van der Waals surface area (Å²) in [7, 11) is -3.19. The van der Waals surface area contributed by atoms with Crippen LogP contribution in [0.25, 0.3) is 0 Å². The van der Waals surface area contributed by atoms with Crippen molar-refractivity contribution in [1.82, 2.24) is 0 Å². The van der Waals surface area contributed by atoms with E-state index in [2.05, 4.69) is 22.6 Å². The smallest absolute Gasteiger partial charge is 0.316 e. The van der Waals surface area contributed by atoms with Gasteiger partial charge in [0.05, 0.1) is 23.5 Å². The van der Waals surface area contributed by atoms with Crippen LogP contribution < -0.4 is 0 Å². The maximum absolute atomic E-state index is 13.0. The van der Waals surface area contributed by atoms with E-state index >= 15 is 0 Å². The van der Waals surface area contributed by atoms with Gasteiger partial charge in [0, 0.05) is 3.57 Å². The van der Waals surface area contributed by atoms with E-state index in [0.29, 0.717) is 19.3 Å². The Morgan fingerprint density at radius 1 is 1.11 bits per heavy atom. The first-order valence-corrected chi connectivity index (χ1v) is 12.1. The van der Waals surface area contributed by atoms with Gasteiger partial charge in [0.2, 0.25) is 0 Å². The lowest BCUT2D eigenvalue weighted by atomic mass is 9.78. The van der Waals surface area contributed by atoms with Crippen molar-refractivity contribution < 1.29 is 23.1 Å². The highest BCUT2D eigenvalue weighted by Gasteiger charge is 2.38. The summed E-state index contributed by atoms with van der Waals surface area (Å²) >= 11 is 2.23. The monoisotopic (exact) mass is 510 g/mol. The van der Waals surface area contributed by atoms with Crippen LogP contribution in [0.1, 0.15) is 58.9 Å². The molecule has 0 aliphatic rings. The maximum Gasteiger partial charge on any atom is 0.316 e. The number of hydrogen-bond donors (Lipinski definition) is 1. The first-order chi connectivity index (χ1) is 12.4. The van der Waals surface area contributed by atoms with E-state index in [1.807, 2.05) is 52.0 Å². The summed E-state index contributed by atoms with van der Waals surface area (Å²) in [4.78, 5) is 13.0. The van der Waals surface area contributed by atoms with E-state index in [4.69, 9.17) is 9.84 Å². The van der Waals surface area contributed by atoms with Crippen molar-refractivity contribution in [3.8, 4) is 0 Å². The number of esters is 1. The van der Waals surface area contributed by atoms with Crippen LogP contribution in [0.2, 0.25) is 0 Å². The molecule has 7 heteroatoms. The Kier molecular flexibility index (Phi) is 9.21. The van der Waals surface area contributed by atoms with Gasteiger partial charge >= 0.3 is 5.97 Å². The number of halogens is 1. The van der Waals surface area contributed by atoms with Crippen molar-refractivity contribution in [3.63, 3.8) is 0 Å². The topological polar surface area (TPSA) is 80.7 Å². The number of hydrogen-bond acceptors (Lipinski definition) is 5. The quantitative estimate of drug-likeness (QED) is 0.294. The fourth-order valence-corrected chi connectivity index (χ4v) is 4.47. The summed E-state index contributed by atoms with van der Waals surface area (Å²) in [5.74, 6) is -0.379. The molecule has 27 heavy (non-hydrogen) atoms. The van der Waals surface area contributed by atoms with E-state index in [1.165, 1.54) is 0 Å². The number of carbonyl (C=O) groups excluding carboxylic acids is 1. The molecule has 154 valence electrons. The molecule has 0 bridgehead atoms. The molecule has 1 atom stereocenters. The molecule has 0 spiro atoms. The van der Waals surface area contributed by atoms with Crippen molar-refractivity contribution in [1.29, 1.82) is 0 Å². The summed E-state index contributed by atoms with van der Waals surface area (Å²) in [5, 5.41) is 8.78. The predicted octanol–water partition coefficient (Wildman–Crippen LogP) is 3.86. The minimum atomic E-state index is -3.19. The normalized spacial score (nSPS) is 14.6. The Morgan fingerprint density at radius 2 is 1.78 bits per heavy atom. The highest BCUT2D eigenvalue weighted by Crippen LogP contribution is 2.33. The molecular weight excluding hydrogens is 479 g/mol. The molecule has 0 aliphatic heterocycles. The van der Waals surface area contributed by atoms with Crippen LogP contribution >= 0.6 is 22.6 Å². The van der Waals surface area contributed by atoms with Crippen LogP contribution in [0, 0.1) is 3.57 Å². The molecule has 0 saturated carbocycles. The van der Waals surface area contributed by atoms with Gasteiger partial charge in [-0.1, -0.05) is 25.0 Å². The summed E-state index contributed by atoms with van der Waals surface area (Å²) < 4.78 is 30.1. The number of sulfone groups is 1. The van der Waals surface area contributed by atoms with Crippen LogP contribution in [0.15, 0.2) is 24.3 Å². The molecule has 1 aromatic rings. The number of rotatable bonds is 10. The number of benzene rings is 1. The van der Waals surface area contributed by atoms with Gasteiger partial charge in [-0.25, -0.2) is 8.42 Å². The molecule has 1 N–H and O–H groups in total. The Morgan fingerprint density at radius 3 is 2.33 bits per heavy atom. The fourth-order valence-electron chi connectivity index (χ4n) is 2.81. The van der Waals surface area contributed by atoms with Gasteiger partial charge in [-0.15, -0.1) is 0 Å². The van der Waals surface area contributed by atoms with E-state index in [-0.39, 0.29) is 24.1 Å². The molecule has 1 unspecified atom stereocenters. The zero-order chi connectivity index (χ0) is 20.7. The molecule has 0 radical (unpaired) electrons. The summed E-state index contributed by atoms with van der Waals surface area (Å²) in [6.45, 7) is 7.12. The third kappa shape index (κ3) is 8.48. The third-order valence-electron chi connectivity index (χ3n) is 4.35. The molecule has 0 aromatic heterocycles. The molecule has 5 nitrogen and oxygen atoms in total. The zero-order valence-electron chi connectivity index (χ0n) is 16.6. The summed E-state index contributed by atoms with van der Waals surface area (Å²) in [6, 6.07) is 7.85. The van der Waals surface area contributed by atoms with Gasteiger partial charge in [-0.2, -0.15) is 0 Å². The Hall–Kier alpha value is -0.670. The minimum absolute atomic E-state index is 0.0694. The highest BCUT2D eigenvalue weighted by molar-refractivity contribution is 14.1. The number of aliphatic hydroxyl groups excluding tert-OH is 1. The first-order valence-electron chi connectivity index (χ1n) is 9.20. The molecule has 1 aromatic carbocycles. The Labute approximate surface area is 176 Å². The van der Waals surface area contributed by atoms with E-state index in [0.717, 1.165) is 15.6 Å². The van der Waals surface area contributed by atoms with Crippen molar-refractivity contribution in [2.24, 2.45) is 0 Å². The predicted molar refractivity (Wildman–Crippen MR) is 117 cm³/mol. The highest BCUT2D eigenvalue weighted by atomic mass is 127. The summed E-state index contributed by atoms with van der Waals surface area (Å²) in [5.41, 5.74) is -0.437. The van der Waals surface area contributed by atoms with Crippen molar-refractivity contribution in [3.05, 3.63) is 33.4 Å².